The SMILES string of the molecule is CN(C)S(=O)(=O)c1ccc2c(c1)CN(S(=O)(=O)Cc1ccccc1)CC2. The quantitative estimate of drug-likeness (QED) is 0.775. The maximum absolute atomic E-state index is 12.8. The van der Waals surface area contributed by atoms with Gasteiger partial charge in [-0.3, -0.25) is 0 Å². The molecular weight excluding hydrogens is 372 g/mol. The summed E-state index contributed by atoms with van der Waals surface area (Å²) in [7, 11) is -4.06. The Kier molecular flexibility index (Phi) is 5.21. The fourth-order valence-electron chi connectivity index (χ4n) is 2.99. The van der Waals surface area contributed by atoms with Crippen LogP contribution in [-0.2, 0) is 38.8 Å². The van der Waals surface area contributed by atoms with Gasteiger partial charge in [0.15, 0.2) is 0 Å². The van der Waals surface area contributed by atoms with E-state index in [1.807, 2.05) is 18.2 Å². The second-order valence-electron chi connectivity index (χ2n) is 6.54. The van der Waals surface area contributed by atoms with E-state index in [0.717, 1.165) is 21.0 Å². The molecule has 0 N–H and O–H groups in total. The highest BCUT2D eigenvalue weighted by atomic mass is 32.2. The van der Waals surface area contributed by atoms with Crippen molar-refractivity contribution in [3.63, 3.8) is 0 Å². The molecule has 0 spiro atoms. The lowest BCUT2D eigenvalue weighted by atomic mass is 10.0. The first kappa shape index (κ1) is 19.0. The number of fused-ring (bicyclic) bond motifs is 1. The van der Waals surface area contributed by atoms with Crippen molar-refractivity contribution in [2.75, 3.05) is 20.6 Å². The normalized spacial score (nSPS) is 15.8. The standard InChI is InChI=1S/C18H22N2O4S2/c1-19(2)26(23,24)18-9-8-16-10-11-20(13-17(16)12-18)25(21,22)14-15-6-4-3-5-7-15/h3-9,12H,10-11,13-14H2,1-2H3. The summed E-state index contributed by atoms with van der Waals surface area (Å²) in [6.45, 7) is 0.600. The maximum Gasteiger partial charge on any atom is 0.242 e. The maximum atomic E-state index is 12.8. The van der Waals surface area contributed by atoms with Crippen LogP contribution in [-0.4, -0.2) is 46.1 Å². The zero-order valence-corrected chi connectivity index (χ0v) is 16.4. The van der Waals surface area contributed by atoms with Crippen LogP contribution >= 0.6 is 0 Å². The Bertz CT molecular complexity index is 1000. The summed E-state index contributed by atoms with van der Waals surface area (Å²) in [5.74, 6) is -0.0567. The Morgan fingerprint density at radius 2 is 1.65 bits per heavy atom. The van der Waals surface area contributed by atoms with Crippen molar-refractivity contribution in [2.24, 2.45) is 0 Å². The van der Waals surface area contributed by atoms with Gasteiger partial charge in [-0.1, -0.05) is 36.4 Å². The number of rotatable bonds is 5. The first-order valence-electron chi connectivity index (χ1n) is 8.26. The molecule has 0 aliphatic carbocycles. The van der Waals surface area contributed by atoms with Gasteiger partial charge in [0.2, 0.25) is 20.0 Å². The van der Waals surface area contributed by atoms with Gasteiger partial charge >= 0.3 is 0 Å². The monoisotopic (exact) mass is 394 g/mol. The van der Waals surface area contributed by atoms with Crippen molar-refractivity contribution >= 4 is 20.0 Å². The molecule has 2 aromatic carbocycles. The zero-order chi connectivity index (χ0) is 18.9. The Hall–Kier alpha value is -1.74. The van der Waals surface area contributed by atoms with E-state index >= 15 is 0 Å². The van der Waals surface area contributed by atoms with Gasteiger partial charge in [-0.15, -0.1) is 0 Å². The van der Waals surface area contributed by atoms with Crippen molar-refractivity contribution in [3.05, 3.63) is 65.2 Å². The molecule has 1 heterocycles. The highest BCUT2D eigenvalue weighted by Crippen LogP contribution is 2.26. The third-order valence-electron chi connectivity index (χ3n) is 4.52. The van der Waals surface area contributed by atoms with Crippen LogP contribution in [0.5, 0.6) is 0 Å². The van der Waals surface area contributed by atoms with E-state index < -0.39 is 20.0 Å². The summed E-state index contributed by atoms with van der Waals surface area (Å²) < 4.78 is 52.8. The number of hydrogen-bond acceptors (Lipinski definition) is 4. The van der Waals surface area contributed by atoms with Gasteiger partial charge in [-0.05, 0) is 35.2 Å². The van der Waals surface area contributed by atoms with Crippen LogP contribution < -0.4 is 0 Å². The second kappa shape index (κ2) is 7.11. The summed E-state index contributed by atoms with van der Waals surface area (Å²) in [6, 6.07) is 14.0. The van der Waals surface area contributed by atoms with Crippen LogP contribution in [0.25, 0.3) is 0 Å². The molecule has 8 heteroatoms. The number of benzene rings is 2. The molecular formula is C18H22N2O4S2. The molecule has 0 fully saturated rings. The smallest absolute Gasteiger partial charge is 0.212 e. The molecule has 0 radical (unpaired) electrons. The van der Waals surface area contributed by atoms with E-state index in [0.29, 0.717) is 13.0 Å². The third-order valence-corrected chi connectivity index (χ3v) is 8.13. The van der Waals surface area contributed by atoms with Crippen LogP contribution in [0.15, 0.2) is 53.4 Å². The summed E-state index contributed by atoms with van der Waals surface area (Å²) in [5.41, 5.74) is 2.48. The largest absolute Gasteiger partial charge is 0.242 e. The molecule has 0 amide bonds. The van der Waals surface area contributed by atoms with Crippen molar-refractivity contribution < 1.29 is 16.8 Å². The van der Waals surface area contributed by atoms with Crippen LogP contribution in [0.2, 0.25) is 0 Å². The summed E-state index contributed by atoms with van der Waals surface area (Å²) in [6.07, 6.45) is 0.575. The Balaban J connectivity index is 1.87. The van der Waals surface area contributed by atoms with E-state index in [4.69, 9.17) is 0 Å². The van der Waals surface area contributed by atoms with Gasteiger partial charge in [0.1, 0.15) is 0 Å². The molecule has 140 valence electrons. The van der Waals surface area contributed by atoms with Gasteiger partial charge in [-0.25, -0.2) is 21.1 Å². The van der Waals surface area contributed by atoms with Gasteiger partial charge in [0.05, 0.1) is 10.6 Å². The Morgan fingerprint density at radius 1 is 0.962 bits per heavy atom. The molecule has 0 unspecified atom stereocenters. The van der Waals surface area contributed by atoms with Crippen LogP contribution in [0.4, 0.5) is 0 Å². The molecule has 0 bridgehead atoms. The predicted octanol–water partition coefficient (Wildman–Crippen LogP) is 1.83. The summed E-state index contributed by atoms with van der Waals surface area (Å²) in [5, 5.41) is 0. The topological polar surface area (TPSA) is 74.8 Å². The van der Waals surface area contributed by atoms with Crippen LogP contribution in [0.3, 0.4) is 0 Å². The van der Waals surface area contributed by atoms with E-state index in [9.17, 15) is 16.8 Å². The predicted molar refractivity (Wildman–Crippen MR) is 100 cm³/mol. The van der Waals surface area contributed by atoms with Crippen molar-refractivity contribution in [1.82, 2.24) is 8.61 Å². The first-order chi connectivity index (χ1) is 12.2. The fraction of sp³-hybridized carbons (Fsp3) is 0.333. The molecule has 26 heavy (non-hydrogen) atoms. The highest BCUT2D eigenvalue weighted by molar-refractivity contribution is 7.89. The minimum atomic E-state index is -3.55. The van der Waals surface area contributed by atoms with Gasteiger partial charge in [0.25, 0.3) is 0 Å². The van der Waals surface area contributed by atoms with Crippen LogP contribution in [0, 0.1) is 0 Å². The number of nitrogens with zero attached hydrogens (tertiary/aromatic N) is 2. The van der Waals surface area contributed by atoms with Crippen molar-refractivity contribution in [3.8, 4) is 0 Å². The average molecular weight is 395 g/mol. The second-order valence-corrected chi connectivity index (χ2v) is 10.7. The summed E-state index contributed by atoms with van der Waals surface area (Å²) >= 11 is 0. The van der Waals surface area contributed by atoms with Gasteiger partial charge in [0, 0.05) is 27.2 Å². The zero-order valence-electron chi connectivity index (χ0n) is 14.8. The lowest BCUT2D eigenvalue weighted by Crippen LogP contribution is -2.37. The van der Waals surface area contributed by atoms with Crippen molar-refractivity contribution in [2.45, 2.75) is 23.6 Å². The number of hydrogen-bond donors (Lipinski definition) is 0. The molecule has 1 aliphatic heterocycles. The molecule has 2 aromatic rings. The highest BCUT2D eigenvalue weighted by Gasteiger charge is 2.28. The Morgan fingerprint density at radius 3 is 2.31 bits per heavy atom. The molecule has 0 saturated heterocycles. The van der Waals surface area contributed by atoms with Gasteiger partial charge in [-0.2, -0.15) is 4.31 Å². The average Bonchev–Trinajstić information content (AvgIpc) is 2.61. The summed E-state index contributed by atoms with van der Waals surface area (Å²) in [4.78, 5) is 0.184. The molecule has 0 atom stereocenters. The molecule has 0 aromatic heterocycles. The lowest BCUT2D eigenvalue weighted by molar-refractivity contribution is 0.390. The van der Waals surface area contributed by atoms with E-state index in [2.05, 4.69) is 0 Å². The number of sulfonamides is 2. The Labute approximate surface area is 155 Å². The van der Waals surface area contributed by atoms with Crippen LogP contribution in [0.1, 0.15) is 16.7 Å². The molecule has 0 saturated carbocycles. The van der Waals surface area contributed by atoms with E-state index in [1.54, 1.807) is 30.3 Å². The van der Waals surface area contributed by atoms with E-state index in [1.165, 1.54) is 18.4 Å². The minimum Gasteiger partial charge on any atom is -0.212 e. The first-order valence-corrected chi connectivity index (χ1v) is 11.3. The van der Waals surface area contributed by atoms with Crippen molar-refractivity contribution in [1.29, 1.82) is 0 Å². The molecule has 1 aliphatic rings. The molecule has 3 rings (SSSR count). The minimum absolute atomic E-state index is 0.0567. The van der Waals surface area contributed by atoms with Gasteiger partial charge < -0.3 is 0 Å². The van der Waals surface area contributed by atoms with E-state index in [-0.39, 0.29) is 17.2 Å². The fourth-order valence-corrected chi connectivity index (χ4v) is 5.45. The third kappa shape index (κ3) is 3.83. The molecule has 6 nitrogen and oxygen atoms in total. The lowest BCUT2D eigenvalue weighted by Gasteiger charge is -2.28.